The summed E-state index contributed by atoms with van der Waals surface area (Å²) in [5.74, 6) is 0.683. The molecule has 2 rings (SSSR count). The van der Waals surface area contributed by atoms with Crippen molar-refractivity contribution in [3.63, 3.8) is 0 Å². The molecule has 0 radical (unpaired) electrons. The average Bonchev–Trinajstić information content (AvgIpc) is 2.22. The molecule has 2 N–H and O–H groups in total. The zero-order chi connectivity index (χ0) is 12.5. The van der Waals surface area contributed by atoms with Gasteiger partial charge in [-0.25, -0.2) is 4.98 Å². The number of hydrogen-bond donors (Lipinski definition) is 2. The third-order valence-electron chi connectivity index (χ3n) is 3.61. The topological polar surface area (TPSA) is 61.0 Å². The first-order chi connectivity index (χ1) is 8.05. The van der Waals surface area contributed by atoms with Gasteiger partial charge < -0.3 is 15.2 Å². The fourth-order valence-electron chi connectivity index (χ4n) is 2.12. The maximum absolute atomic E-state index is 11.4. The van der Waals surface area contributed by atoms with Gasteiger partial charge in [0.1, 0.15) is 9.39 Å². The number of halogens is 1. The number of anilines is 1. The summed E-state index contributed by atoms with van der Waals surface area (Å²) in [4.78, 5) is 20.4. The predicted octanol–water partition coefficient (Wildman–Crippen LogP) is 1.27. The molecular weight excluding hydrogens is 331 g/mol. The lowest BCUT2D eigenvalue weighted by Gasteiger charge is -2.47. The molecule has 1 saturated carbocycles. The molecule has 1 aliphatic carbocycles. The SMILES string of the molecule is CN(C)C1(CNc2nc[nH]c(=O)c2I)CCC1. The molecule has 6 heteroatoms. The van der Waals surface area contributed by atoms with Crippen molar-refractivity contribution >= 4 is 28.4 Å². The van der Waals surface area contributed by atoms with Gasteiger partial charge in [0.05, 0.1) is 6.33 Å². The lowest BCUT2D eigenvalue weighted by molar-refractivity contribution is 0.0738. The van der Waals surface area contributed by atoms with Gasteiger partial charge in [-0.3, -0.25) is 4.79 Å². The van der Waals surface area contributed by atoms with Gasteiger partial charge >= 0.3 is 0 Å². The molecule has 1 aromatic heterocycles. The molecule has 94 valence electrons. The van der Waals surface area contributed by atoms with Crippen molar-refractivity contribution in [1.82, 2.24) is 14.9 Å². The maximum Gasteiger partial charge on any atom is 0.266 e. The van der Waals surface area contributed by atoms with Crippen LogP contribution in [0.1, 0.15) is 19.3 Å². The van der Waals surface area contributed by atoms with E-state index in [2.05, 4.69) is 34.3 Å². The summed E-state index contributed by atoms with van der Waals surface area (Å²) in [6.07, 6.45) is 5.12. The van der Waals surface area contributed by atoms with E-state index in [1.807, 2.05) is 22.6 Å². The first-order valence-electron chi connectivity index (χ1n) is 5.70. The Hall–Kier alpha value is -0.630. The van der Waals surface area contributed by atoms with Crippen molar-refractivity contribution in [3.8, 4) is 0 Å². The first kappa shape index (κ1) is 12.8. The zero-order valence-electron chi connectivity index (χ0n) is 10.1. The van der Waals surface area contributed by atoms with Crippen molar-refractivity contribution in [3.05, 3.63) is 20.3 Å². The molecule has 0 unspecified atom stereocenters. The minimum absolute atomic E-state index is 0.0874. The number of aromatic amines is 1. The van der Waals surface area contributed by atoms with E-state index >= 15 is 0 Å². The van der Waals surface area contributed by atoms with Gasteiger partial charge in [0.2, 0.25) is 0 Å². The van der Waals surface area contributed by atoms with Gasteiger partial charge in [0.25, 0.3) is 5.56 Å². The zero-order valence-corrected chi connectivity index (χ0v) is 12.2. The van der Waals surface area contributed by atoms with Crippen LogP contribution in [-0.2, 0) is 0 Å². The fourth-order valence-corrected chi connectivity index (χ4v) is 2.61. The Morgan fingerprint density at radius 1 is 1.59 bits per heavy atom. The molecule has 5 nitrogen and oxygen atoms in total. The number of rotatable bonds is 4. The molecule has 0 aromatic carbocycles. The van der Waals surface area contributed by atoms with E-state index in [1.54, 1.807) is 0 Å². The Balaban J connectivity index is 2.07. The van der Waals surface area contributed by atoms with Crippen LogP contribution in [0.15, 0.2) is 11.1 Å². The molecule has 0 bridgehead atoms. The standard InChI is InChI=1S/C11H17IN4O/c1-16(2)11(4-3-5-11)6-13-9-8(12)10(17)15-7-14-9/h7H,3-6H2,1-2H3,(H2,13,14,15,17). The van der Waals surface area contributed by atoms with Gasteiger partial charge in [-0.2, -0.15) is 0 Å². The van der Waals surface area contributed by atoms with E-state index in [4.69, 9.17) is 0 Å². The molecule has 0 aliphatic heterocycles. The number of nitrogens with zero attached hydrogens (tertiary/aromatic N) is 2. The summed E-state index contributed by atoms with van der Waals surface area (Å²) < 4.78 is 0.623. The average molecular weight is 348 g/mol. The molecule has 0 saturated heterocycles. The van der Waals surface area contributed by atoms with Crippen LogP contribution < -0.4 is 10.9 Å². The van der Waals surface area contributed by atoms with Crippen LogP contribution in [0.4, 0.5) is 5.82 Å². The highest BCUT2D eigenvalue weighted by atomic mass is 127. The molecule has 0 amide bonds. The molecule has 1 aliphatic rings. The predicted molar refractivity (Wildman–Crippen MR) is 76.3 cm³/mol. The number of H-pyrrole nitrogens is 1. The van der Waals surface area contributed by atoms with Crippen LogP contribution in [0.2, 0.25) is 0 Å². The number of hydrogen-bond acceptors (Lipinski definition) is 4. The van der Waals surface area contributed by atoms with E-state index in [-0.39, 0.29) is 11.1 Å². The molecule has 1 aromatic rings. The third kappa shape index (κ3) is 2.47. The van der Waals surface area contributed by atoms with Gasteiger partial charge in [-0.05, 0) is 55.9 Å². The largest absolute Gasteiger partial charge is 0.367 e. The van der Waals surface area contributed by atoms with Gasteiger partial charge in [-0.15, -0.1) is 0 Å². The van der Waals surface area contributed by atoms with Gasteiger partial charge in [0, 0.05) is 12.1 Å². The monoisotopic (exact) mass is 348 g/mol. The van der Waals surface area contributed by atoms with Crippen LogP contribution in [0.5, 0.6) is 0 Å². The highest BCUT2D eigenvalue weighted by molar-refractivity contribution is 14.1. The minimum Gasteiger partial charge on any atom is -0.367 e. The fraction of sp³-hybridized carbons (Fsp3) is 0.636. The normalized spacial score (nSPS) is 17.9. The third-order valence-corrected chi connectivity index (χ3v) is 4.62. The van der Waals surface area contributed by atoms with E-state index in [0.717, 1.165) is 6.54 Å². The second-order valence-corrected chi connectivity index (χ2v) is 5.80. The Kier molecular flexibility index (Phi) is 3.72. The Morgan fingerprint density at radius 2 is 2.29 bits per heavy atom. The van der Waals surface area contributed by atoms with Crippen LogP contribution >= 0.6 is 22.6 Å². The molecule has 1 heterocycles. The molecule has 0 spiro atoms. The second kappa shape index (κ2) is 4.93. The van der Waals surface area contributed by atoms with Crippen LogP contribution in [-0.4, -0.2) is 41.0 Å². The lowest BCUT2D eigenvalue weighted by Crippen LogP contribution is -2.54. The molecule has 0 atom stereocenters. The van der Waals surface area contributed by atoms with Gasteiger partial charge in [-0.1, -0.05) is 0 Å². The van der Waals surface area contributed by atoms with E-state index in [9.17, 15) is 4.79 Å². The van der Waals surface area contributed by atoms with Crippen LogP contribution in [0, 0.1) is 3.57 Å². The Labute approximate surface area is 114 Å². The van der Waals surface area contributed by atoms with Crippen molar-refractivity contribution in [2.24, 2.45) is 0 Å². The van der Waals surface area contributed by atoms with E-state index < -0.39 is 0 Å². The van der Waals surface area contributed by atoms with Gasteiger partial charge in [0.15, 0.2) is 0 Å². The minimum atomic E-state index is -0.0874. The van der Waals surface area contributed by atoms with Crippen LogP contribution in [0.3, 0.4) is 0 Å². The number of likely N-dealkylation sites (N-methyl/N-ethyl adjacent to an activating group) is 1. The highest BCUT2D eigenvalue weighted by Crippen LogP contribution is 2.36. The van der Waals surface area contributed by atoms with E-state index in [1.165, 1.54) is 25.6 Å². The molecule has 17 heavy (non-hydrogen) atoms. The number of aromatic nitrogens is 2. The lowest BCUT2D eigenvalue weighted by atomic mass is 9.75. The summed E-state index contributed by atoms with van der Waals surface area (Å²) in [6.45, 7) is 0.840. The first-order valence-corrected chi connectivity index (χ1v) is 6.77. The second-order valence-electron chi connectivity index (χ2n) is 4.72. The number of nitrogens with one attached hydrogen (secondary N) is 2. The van der Waals surface area contributed by atoms with Crippen molar-refractivity contribution in [2.45, 2.75) is 24.8 Å². The van der Waals surface area contributed by atoms with Crippen molar-refractivity contribution in [2.75, 3.05) is 26.0 Å². The van der Waals surface area contributed by atoms with Crippen molar-refractivity contribution < 1.29 is 0 Å². The summed E-state index contributed by atoms with van der Waals surface area (Å²) in [6, 6.07) is 0. The summed E-state index contributed by atoms with van der Waals surface area (Å²) in [7, 11) is 4.22. The Morgan fingerprint density at radius 3 is 2.82 bits per heavy atom. The molecular formula is C11H17IN4O. The summed E-state index contributed by atoms with van der Waals surface area (Å²) >= 11 is 2.02. The van der Waals surface area contributed by atoms with Crippen molar-refractivity contribution in [1.29, 1.82) is 0 Å². The van der Waals surface area contributed by atoms with Crippen LogP contribution in [0.25, 0.3) is 0 Å². The summed E-state index contributed by atoms with van der Waals surface area (Å²) in [5.41, 5.74) is 0.142. The summed E-state index contributed by atoms with van der Waals surface area (Å²) in [5, 5.41) is 3.30. The smallest absolute Gasteiger partial charge is 0.266 e. The Bertz CT molecular complexity index is 453. The van der Waals surface area contributed by atoms with E-state index in [0.29, 0.717) is 9.39 Å². The highest BCUT2D eigenvalue weighted by Gasteiger charge is 2.38. The quantitative estimate of drug-likeness (QED) is 0.805. The maximum atomic E-state index is 11.4. The molecule has 1 fully saturated rings.